The van der Waals surface area contributed by atoms with Crippen molar-refractivity contribution in [3.8, 4) is 5.75 Å². The Labute approximate surface area is 137 Å². The lowest BCUT2D eigenvalue weighted by Crippen LogP contribution is -2.52. The standard InChI is InChI=1S/C15H16F3NO4S/c1-24(21,22)19-7-5-14(6-8-19)9-12(20)10-3-2-4-11(13(10)23-14)15(16,17)18/h2-4H,5-9H2,1H3. The fourth-order valence-electron chi connectivity index (χ4n) is 3.23. The third kappa shape index (κ3) is 3.02. The van der Waals surface area contributed by atoms with E-state index in [1.165, 1.54) is 16.4 Å². The van der Waals surface area contributed by atoms with E-state index in [-0.39, 0.29) is 37.9 Å². The number of piperidine rings is 1. The SMILES string of the molecule is CS(=O)(=O)N1CCC2(CC1)CC(=O)c1cccc(C(F)(F)F)c1O2. The van der Waals surface area contributed by atoms with Crippen molar-refractivity contribution in [3.63, 3.8) is 0 Å². The summed E-state index contributed by atoms with van der Waals surface area (Å²) < 4.78 is 69.7. The molecule has 1 saturated heterocycles. The van der Waals surface area contributed by atoms with Gasteiger partial charge in [0.1, 0.15) is 11.4 Å². The monoisotopic (exact) mass is 363 g/mol. The van der Waals surface area contributed by atoms with E-state index in [9.17, 15) is 26.4 Å². The van der Waals surface area contributed by atoms with Crippen molar-refractivity contribution >= 4 is 15.8 Å². The van der Waals surface area contributed by atoms with Crippen LogP contribution in [0.3, 0.4) is 0 Å². The molecule has 0 N–H and O–H groups in total. The first-order valence-corrected chi connectivity index (χ1v) is 9.24. The van der Waals surface area contributed by atoms with Crippen LogP contribution in [0.25, 0.3) is 0 Å². The quantitative estimate of drug-likeness (QED) is 0.769. The van der Waals surface area contributed by atoms with E-state index >= 15 is 0 Å². The molecule has 2 aliphatic heterocycles. The Morgan fingerprint density at radius 2 is 1.83 bits per heavy atom. The number of para-hydroxylation sites is 1. The predicted molar refractivity (Wildman–Crippen MR) is 79.4 cm³/mol. The van der Waals surface area contributed by atoms with Crippen LogP contribution in [0.2, 0.25) is 0 Å². The molecule has 0 atom stereocenters. The Morgan fingerprint density at radius 1 is 1.21 bits per heavy atom. The number of ether oxygens (including phenoxy) is 1. The summed E-state index contributed by atoms with van der Waals surface area (Å²) in [6.07, 6.45) is -3.24. The van der Waals surface area contributed by atoms with Gasteiger partial charge in [-0.05, 0) is 12.1 Å². The first-order chi connectivity index (χ1) is 11.0. The molecule has 0 aromatic heterocycles. The minimum atomic E-state index is -4.63. The number of halogens is 3. The fraction of sp³-hybridized carbons (Fsp3) is 0.533. The van der Waals surface area contributed by atoms with Gasteiger partial charge in [-0.3, -0.25) is 4.79 Å². The van der Waals surface area contributed by atoms with Gasteiger partial charge in [0.05, 0.1) is 23.8 Å². The number of nitrogens with zero attached hydrogens (tertiary/aromatic N) is 1. The molecular weight excluding hydrogens is 347 g/mol. The van der Waals surface area contributed by atoms with Crippen molar-refractivity contribution < 1.29 is 31.1 Å². The number of rotatable bonds is 1. The van der Waals surface area contributed by atoms with E-state index in [4.69, 9.17) is 4.74 Å². The molecule has 0 bridgehead atoms. The van der Waals surface area contributed by atoms with Crippen molar-refractivity contribution in [3.05, 3.63) is 29.3 Å². The van der Waals surface area contributed by atoms with Crippen molar-refractivity contribution in [1.29, 1.82) is 0 Å². The van der Waals surface area contributed by atoms with Gasteiger partial charge in [0.15, 0.2) is 5.78 Å². The molecule has 9 heteroatoms. The van der Waals surface area contributed by atoms with Crippen molar-refractivity contribution in [1.82, 2.24) is 4.31 Å². The number of carbonyl (C=O) groups excluding carboxylic acids is 1. The highest BCUT2D eigenvalue weighted by molar-refractivity contribution is 7.88. The first kappa shape index (κ1) is 17.2. The van der Waals surface area contributed by atoms with Gasteiger partial charge in [-0.25, -0.2) is 12.7 Å². The number of alkyl halides is 3. The molecule has 1 aromatic carbocycles. The smallest absolute Gasteiger partial charge is 0.419 e. The van der Waals surface area contributed by atoms with Gasteiger partial charge in [-0.2, -0.15) is 13.2 Å². The van der Waals surface area contributed by atoms with E-state index in [2.05, 4.69) is 0 Å². The first-order valence-electron chi connectivity index (χ1n) is 7.39. The van der Waals surface area contributed by atoms with Gasteiger partial charge in [0.2, 0.25) is 10.0 Å². The van der Waals surface area contributed by atoms with E-state index in [1.807, 2.05) is 0 Å². The second-order valence-electron chi connectivity index (χ2n) is 6.23. The van der Waals surface area contributed by atoms with Crippen LogP contribution in [0.5, 0.6) is 5.75 Å². The van der Waals surface area contributed by atoms with Crippen molar-refractivity contribution in [2.24, 2.45) is 0 Å². The molecule has 1 aromatic rings. The average molecular weight is 363 g/mol. The summed E-state index contributed by atoms with van der Waals surface area (Å²) in [4.78, 5) is 12.3. The summed E-state index contributed by atoms with van der Waals surface area (Å²) in [5.74, 6) is -0.843. The third-order valence-electron chi connectivity index (χ3n) is 4.52. The van der Waals surface area contributed by atoms with Gasteiger partial charge < -0.3 is 4.74 Å². The van der Waals surface area contributed by atoms with E-state index in [1.54, 1.807) is 0 Å². The minimum Gasteiger partial charge on any atom is -0.485 e. The van der Waals surface area contributed by atoms with Crippen LogP contribution in [0.4, 0.5) is 13.2 Å². The zero-order valence-corrected chi connectivity index (χ0v) is 13.7. The summed E-state index contributed by atoms with van der Waals surface area (Å²) in [5, 5.41) is 0. The Morgan fingerprint density at radius 3 is 2.38 bits per heavy atom. The molecule has 2 aliphatic rings. The lowest BCUT2D eigenvalue weighted by molar-refractivity contribution is -0.140. The molecule has 5 nitrogen and oxygen atoms in total. The lowest BCUT2D eigenvalue weighted by Gasteiger charge is -2.43. The van der Waals surface area contributed by atoms with Crippen LogP contribution in [-0.2, 0) is 16.2 Å². The highest BCUT2D eigenvalue weighted by Crippen LogP contribution is 2.45. The molecular formula is C15H16F3NO4S. The number of fused-ring (bicyclic) bond motifs is 1. The fourth-order valence-corrected chi connectivity index (χ4v) is 4.08. The van der Waals surface area contributed by atoms with Gasteiger partial charge in [0, 0.05) is 25.9 Å². The Balaban J connectivity index is 1.94. The summed E-state index contributed by atoms with van der Waals surface area (Å²) >= 11 is 0. The highest BCUT2D eigenvalue weighted by atomic mass is 32.2. The molecule has 2 heterocycles. The van der Waals surface area contributed by atoms with Gasteiger partial charge >= 0.3 is 6.18 Å². The maximum Gasteiger partial charge on any atom is 0.419 e. The second-order valence-corrected chi connectivity index (χ2v) is 8.21. The molecule has 0 amide bonds. The number of Topliss-reactive ketones (excluding diaryl/α,β-unsaturated/α-hetero) is 1. The second kappa shape index (κ2) is 5.45. The number of ketones is 1. The molecule has 0 radical (unpaired) electrons. The average Bonchev–Trinajstić information content (AvgIpc) is 2.45. The summed E-state index contributed by atoms with van der Waals surface area (Å²) in [6, 6.07) is 3.40. The highest BCUT2D eigenvalue weighted by Gasteiger charge is 2.47. The minimum absolute atomic E-state index is 0.0427. The number of sulfonamides is 1. The number of hydrogen-bond acceptors (Lipinski definition) is 4. The Bertz CT molecular complexity index is 780. The van der Waals surface area contributed by atoms with Crippen LogP contribution >= 0.6 is 0 Å². The zero-order valence-electron chi connectivity index (χ0n) is 12.9. The number of carbonyl (C=O) groups is 1. The normalized spacial score (nSPS) is 21.4. The third-order valence-corrected chi connectivity index (χ3v) is 5.83. The molecule has 24 heavy (non-hydrogen) atoms. The number of hydrogen-bond donors (Lipinski definition) is 0. The van der Waals surface area contributed by atoms with Gasteiger partial charge in [-0.15, -0.1) is 0 Å². The van der Waals surface area contributed by atoms with Crippen LogP contribution in [-0.4, -0.2) is 43.5 Å². The van der Waals surface area contributed by atoms with Crippen LogP contribution < -0.4 is 4.74 Å². The molecule has 0 aliphatic carbocycles. The Hall–Kier alpha value is -1.61. The zero-order chi connectivity index (χ0) is 17.8. The maximum atomic E-state index is 13.2. The molecule has 1 fully saturated rings. The van der Waals surface area contributed by atoms with Gasteiger partial charge in [0.25, 0.3) is 0 Å². The van der Waals surface area contributed by atoms with Crippen molar-refractivity contribution in [2.75, 3.05) is 19.3 Å². The topological polar surface area (TPSA) is 63.7 Å². The Kier molecular flexibility index (Phi) is 3.91. The lowest BCUT2D eigenvalue weighted by atomic mass is 9.82. The number of benzene rings is 1. The summed E-state index contributed by atoms with van der Waals surface area (Å²) in [7, 11) is -3.37. The molecule has 0 unspecified atom stereocenters. The van der Waals surface area contributed by atoms with Crippen LogP contribution in [0, 0.1) is 0 Å². The van der Waals surface area contributed by atoms with E-state index in [0.29, 0.717) is 0 Å². The van der Waals surface area contributed by atoms with E-state index in [0.717, 1.165) is 12.3 Å². The maximum absolute atomic E-state index is 13.2. The molecule has 132 valence electrons. The molecule has 0 saturated carbocycles. The van der Waals surface area contributed by atoms with Crippen LogP contribution in [0.1, 0.15) is 35.2 Å². The summed E-state index contributed by atoms with van der Waals surface area (Å²) in [6.45, 7) is 0.241. The van der Waals surface area contributed by atoms with Crippen LogP contribution in [0.15, 0.2) is 18.2 Å². The van der Waals surface area contributed by atoms with Gasteiger partial charge in [-0.1, -0.05) is 6.07 Å². The molecule has 3 rings (SSSR count). The van der Waals surface area contributed by atoms with Crippen molar-refractivity contribution in [2.45, 2.75) is 31.0 Å². The largest absolute Gasteiger partial charge is 0.485 e. The summed E-state index contributed by atoms with van der Waals surface area (Å²) in [5.41, 5.74) is -2.12. The predicted octanol–water partition coefficient (Wildman–Crippen LogP) is 2.46. The van der Waals surface area contributed by atoms with E-state index < -0.39 is 38.9 Å². The molecule has 1 spiro atoms.